The van der Waals surface area contributed by atoms with Crippen molar-refractivity contribution in [3.63, 3.8) is 0 Å². The highest BCUT2D eigenvalue weighted by atomic mass is 16.6. The fourth-order valence-electron chi connectivity index (χ4n) is 5.71. The normalized spacial score (nSPS) is 22.5. The molecule has 0 bridgehead atoms. The summed E-state index contributed by atoms with van der Waals surface area (Å²) in [7, 11) is 1.69. The van der Waals surface area contributed by atoms with Crippen molar-refractivity contribution in [1.29, 1.82) is 0 Å². The summed E-state index contributed by atoms with van der Waals surface area (Å²) in [6.07, 6.45) is 10.7. The van der Waals surface area contributed by atoms with E-state index in [0.717, 1.165) is 44.0 Å². The van der Waals surface area contributed by atoms with Gasteiger partial charge in [0.2, 0.25) is 0 Å². The number of nitrogens with zero attached hydrogens (tertiary/aromatic N) is 2. The minimum atomic E-state index is -0.557. The Bertz CT molecular complexity index is 785. The summed E-state index contributed by atoms with van der Waals surface area (Å²) in [5, 5.41) is 11.6. The number of nitrogens with two attached hydrogens (primary N) is 2. The third kappa shape index (κ3) is 8.56. The molecule has 0 aromatic heterocycles. The lowest BCUT2D eigenvalue weighted by atomic mass is 9.82. The van der Waals surface area contributed by atoms with Gasteiger partial charge in [0.15, 0.2) is 0 Å². The van der Waals surface area contributed by atoms with E-state index in [9.17, 15) is 10.1 Å². The Morgan fingerprint density at radius 1 is 1.14 bits per heavy atom. The molecule has 3 rings (SSSR count). The van der Waals surface area contributed by atoms with Crippen LogP contribution in [0.1, 0.15) is 69.5 Å². The molecule has 1 saturated heterocycles. The van der Waals surface area contributed by atoms with Crippen LogP contribution in [0.25, 0.3) is 0 Å². The predicted molar refractivity (Wildman–Crippen MR) is 138 cm³/mol. The summed E-state index contributed by atoms with van der Waals surface area (Å²) >= 11 is 0. The number of likely N-dealkylation sites (tertiary alicyclic amines) is 1. The predicted octanol–water partition coefficient (Wildman–Crippen LogP) is 4.24. The highest BCUT2D eigenvalue weighted by Crippen LogP contribution is 2.35. The van der Waals surface area contributed by atoms with Crippen molar-refractivity contribution in [2.75, 3.05) is 33.4 Å². The lowest BCUT2D eigenvalue weighted by Crippen LogP contribution is -2.50. The number of rotatable bonds is 13. The number of ether oxygens (including phenoxy) is 2. The molecule has 8 heteroatoms. The summed E-state index contributed by atoms with van der Waals surface area (Å²) in [5.41, 5.74) is 14.9. The zero-order chi connectivity index (χ0) is 25.0. The molecule has 4 unspecified atom stereocenters. The van der Waals surface area contributed by atoms with Gasteiger partial charge in [0.25, 0.3) is 6.20 Å². The monoisotopic (exact) mass is 488 g/mol. The Hall–Kier alpha value is -2.00. The van der Waals surface area contributed by atoms with Crippen LogP contribution in [-0.2, 0) is 9.47 Å². The quantitative estimate of drug-likeness (QED) is 0.242. The fourth-order valence-corrected chi connectivity index (χ4v) is 5.71. The molecule has 1 heterocycles. The average Bonchev–Trinajstić information content (AvgIpc) is 2.88. The first-order chi connectivity index (χ1) is 17.0. The van der Waals surface area contributed by atoms with E-state index in [1.54, 1.807) is 7.11 Å². The second kappa shape index (κ2) is 14.5. The van der Waals surface area contributed by atoms with Gasteiger partial charge in [-0.05, 0) is 37.2 Å². The van der Waals surface area contributed by atoms with Crippen molar-refractivity contribution in [2.24, 2.45) is 23.3 Å². The van der Waals surface area contributed by atoms with Crippen LogP contribution in [0, 0.1) is 22.0 Å². The van der Waals surface area contributed by atoms with E-state index in [1.807, 2.05) is 18.2 Å². The lowest BCUT2D eigenvalue weighted by molar-refractivity contribution is -0.404. The molecule has 2 fully saturated rings. The molecule has 35 heavy (non-hydrogen) atoms. The van der Waals surface area contributed by atoms with Crippen molar-refractivity contribution in [3.05, 3.63) is 57.9 Å². The molecule has 1 aliphatic heterocycles. The lowest BCUT2D eigenvalue weighted by Gasteiger charge is -2.41. The van der Waals surface area contributed by atoms with E-state index in [2.05, 4.69) is 17.0 Å². The number of methoxy groups -OCH3 is 1. The van der Waals surface area contributed by atoms with Crippen molar-refractivity contribution < 1.29 is 14.4 Å². The zero-order valence-electron chi connectivity index (χ0n) is 21.2. The number of hydrogen-bond donors (Lipinski definition) is 2. The first-order valence-electron chi connectivity index (χ1n) is 13.3. The second-order valence-corrected chi connectivity index (χ2v) is 10.2. The fraction of sp³-hybridized carbons (Fsp3) is 0.704. The molecule has 2 aliphatic rings. The van der Waals surface area contributed by atoms with Crippen LogP contribution in [-0.4, -0.2) is 55.3 Å². The summed E-state index contributed by atoms with van der Waals surface area (Å²) in [6, 6.07) is 9.40. The third-order valence-electron chi connectivity index (χ3n) is 7.54. The molecule has 0 amide bonds. The topological polar surface area (TPSA) is 117 Å². The van der Waals surface area contributed by atoms with Crippen molar-refractivity contribution in [2.45, 2.75) is 76.0 Å². The first-order valence-corrected chi connectivity index (χ1v) is 13.3. The summed E-state index contributed by atoms with van der Waals surface area (Å²) in [4.78, 5) is 13.3. The van der Waals surface area contributed by atoms with Gasteiger partial charge >= 0.3 is 0 Å². The van der Waals surface area contributed by atoms with Crippen molar-refractivity contribution >= 4 is 0 Å². The van der Waals surface area contributed by atoms with Crippen LogP contribution in [0.3, 0.4) is 0 Å². The van der Waals surface area contributed by atoms with Gasteiger partial charge < -0.3 is 25.8 Å². The van der Waals surface area contributed by atoms with E-state index in [1.165, 1.54) is 32.1 Å². The summed E-state index contributed by atoms with van der Waals surface area (Å²) < 4.78 is 11.5. The van der Waals surface area contributed by atoms with E-state index >= 15 is 0 Å². The number of hydrogen-bond acceptors (Lipinski definition) is 7. The molecule has 1 aromatic carbocycles. The zero-order valence-corrected chi connectivity index (χ0v) is 21.2. The second-order valence-electron chi connectivity index (χ2n) is 10.2. The van der Waals surface area contributed by atoms with Gasteiger partial charge in [-0.1, -0.05) is 62.4 Å². The van der Waals surface area contributed by atoms with Crippen LogP contribution in [0.5, 0.6) is 0 Å². The SMILES string of the molecule is COCCCOC(c1ccccc1)C1CCCN(/C(=C/[N+](=O)[O-])C(N)C(N)CC2CCCCC2)C1. The maximum absolute atomic E-state index is 11.6. The molecule has 0 radical (unpaired) electrons. The Balaban J connectivity index is 1.73. The van der Waals surface area contributed by atoms with Gasteiger partial charge in [-0.3, -0.25) is 10.1 Å². The van der Waals surface area contributed by atoms with Gasteiger partial charge in [0.1, 0.15) is 5.70 Å². The molecule has 1 aromatic rings. The number of nitro groups is 1. The van der Waals surface area contributed by atoms with E-state index in [4.69, 9.17) is 20.9 Å². The average molecular weight is 489 g/mol. The largest absolute Gasteiger partial charge is 0.385 e. The standard InChI is InChI=1S/C27H44N4O4/c1-34-16-9-17-35-27(22-12-6-3-7-13-22)23-14-8-15-30(19-23)25(20-31(32)33)26(29)24(28)18-21-10-4-2-5-11-21/h3,6-7,12-13,20-21,23-24,26-27H,2,4-5,8-11,14-19,28-29H2,1H3/b25-20+. The van der Waals surface area contributed by atoms with E-state index < -0.39 is 6.04 Å². The molecule has 4 atom stereocenters. The Kier molecular flexibility index (Phi) is 11.5. The van der Waals surface area contributed by atoms with Crippen LogP contribution in [0.4, 0.5) is 0 Å². The summed E-state index contributed by atoms with van der Waals surface area (Å²) in [6.45, 7) is 2.66. The van der Waals surface area contributed by atoms with Gasteiger partial charge in [-0.2, -0.15) is 0 Å². The molecule has 8 nitrogen and oxygen atoms in total. The van der Waals surface area contributed by atoms with Crippen LogP contribution in [0.2, 0.25) is 0 Å². The number of piperidine rings is 1. The third-order valence-corrected chi connectivity index (χ3v) is 7.54. The summed E-state index contributed by atoms with van der Waals surface area (Å²) in [5.74, 6) is 0.768. The minimum absolute atomic E-state index is 0.0835. The van der Waals surface area contributed by atoms with Crippen LogP contribution in [0.15, 0.2) is 42.2 Å². The highest BCUT2D eigenvalue weighted by molar-refractivity contribution is 5.19. The Morgan fingerprint density at radius 2 is 1.89 bits per heavy atom. The van der Waals surface area contributed by atoms with Crippen molar-refractivity contribution in [1.82, 2.24) is 4.90 Å². The molecule has 0 spiro atoms. The maximum Gasteiger partial charge on any atom is 0.255 e. The van der Waals surface area contributed by atoms with Crippen LogP contribution >= 0.6 is 0 Å². The molecule has 1 aliphatic carbocycles. The van der Waals surface area contributed by atoms with Crippen LogP contribution < -0.4 is 11.5 Å². The first kappa shape index (κ1) is 27.6. The highest BCUT2D eigenvalue weighted by Gasteiger charge is 2.34. The number of benzene rings is 1. The van der Waals surface area contributed by atoms with E-state index in [0.29, 0.717) is 31.4 Å². The van der Waals surface area contributed by atoms with Crippen molar-refractivity contribution in [3.8, 4) is 0 Å². The molecular formula is C27H44N4O4. The molecular weight excluding hydrogens is 444 g/mol. The van der Waals surface area contributed by atoms with Gasteiger partial charge in [0, 0.05) is 45.4 Å². The van der Waals surface area contributed by atoms with Gasteiger partial charge in [0.05, 0.1) is 17.1 Å². The van der Waals surface area contributed by atoms with E-state index in [-0.39, 0.29) is 23.0 Å². The maximum atomic E-state index is 11.6. The Labute approximate surface area is 210 Å². The Morgan fingerprint density at radius 3 is 2.57 bits per heavy atom. The molecule has 196 valence electrons. The molecule has 4 N–H and O–H groups in total. The smallest absolute Gasteiger partial charge is 0.255 e. The van der Waals surface area contributed by atoms with Gasteiger partial charge in [-0.25, -0.2) is 0 Å². The minimum Gasteiger partial charge on any atom is -0.385 e. The molecule has 1 saturated carbocycles. The van der Waals surface area contributed by atoms with Gasteiger partial charge in [-0.15, -0.1) is 0 Å².